The zero-order valence-corrected chi connectivity index (χ0v) is 6.52. The Kier molecular flexibility index (Phi) is 2.46. The molecule has 1 atom stereocenters. The van der Waals surface area contributed by atoms with Crippen molar-refractivity contribution < 1.29 is 9.59 Å². The molecular formula is C7H12N2O2. The van der Waals surface area contributed by atoms with Crippen molar-refractivity contribution in [2.75, 3.05) is 13.6 Å². The van der Waals surface area contributed by atoms with E-state index in [4.69, 9.17) is 0 Å². The SMILES string of the molecule is CNC(=O)C1CCNC(=O)C1. The number of nitrogens with one attached hydrogen (secondary N) is 2. The summed E-state index contributed by atoms with van der Waals surface area (Å²) in [4.78, 5) is 21.8. The van der Waals surface area contributed by atoms with Crippen molar-refractivity contribution in [3.05, 3.63) is 0 Å². The molecule has 4 nitrogen and oxygen atoms in total. The maximum absolute atomic E-state index is 11.0. The van der Waals surface area contributed by atoms with Crippen LogP contribution in [0.15, 0.2) is 0 Å². The average Bonchev–Trinajstić information content (AvgIpc) is 2.03. The van der Waals surface area contributed by atoms with E-state index < -0.39 is 0 Å². The number of carbonyl (C=O) groups excluding carboxylic acids is 2. The van der Waals surface area contributed by atoms with Gasteiger partial charge in [0.1, 0.15) is 0 Å². The van der Waals surface area contributed by atoms with Crippen molar-refractivity contribution in [2.24, 2.45) is 5.92 Å². The molecule has 1 aliphatic rings. The summed E-state index contributed by atoms with van der Waals surface area (Å²) in [6.45, 7) is 0.622. The van der Waals surface area contributed by atoms with Gasteiger partial charge in [0.2, 0.25) is 11.8 Å². The molecule has 62 valence electrons. The molecule has 0 aromatic carbocycles. The molecular weight excluding hydrogens is 144 g/mol. The van der Waals surface area contributed by atoms with Crippen LogP contribution in [0.5, 0.6) is 0 Å². The topological polar surface area (TPSA) is 58.2 Å². The van der Waals surface area contributed by atoms with Crippen molar-refractivity contribution in [1.29, 1.82) is 0 Å². The van der Waals surface area contributed by atoms with Crippen LogP contribution in [0.1, 0.15) is 12.8 Å². The fourth-order valence-electron chi connectivity index (χ4n) is 1.21. The van der Waals surface area contributed by atoms with E-state index in [1.54, 1.807) is 7.05 Å². The highest BCUT2D eigenvalue weighted by Gasteiger charge is 2.24. The molecule has 0 saturated carbocycles. The summed E-state index contributed by atoms with van der Waals surface area (Å²) in [6.07, 6.45) is 1.09. The number of carbonyl (C=O) groups is 2. The Labute approximate surface area is 65.3 Å². The number of hydrogen-bond acceptors (Lipinski definition) is 2. The standard InChI is InChI=1S/C7H12N2O2/c1-8-7(11)5-2-3-9-6(10)4-5/h5H,2-4H2,1H3,(H,8,11)(H,9,10). The Morgan fingerprint density at radius 3 is 3.00 bits per heavy atom. The number of amides is 2. The van der Waals surface area contributed by atoms with Gasteiger partial charge in [-0.3, -0.25) is 9.59 Å². The van der Waals surface area contributed by atoms with E-state index in [0.29, 0.717) is 13.0 Å². The monoisotopic (exact) mass is 156 g/mol. The molecule has 2 amide bonds. The van der Waals surface area contributed by atoms with Crippen LogP contribution in [0.2, 0.25) is 0 Å². The van der Waals surface area contributed by atoms with E-state index >= 15 is 0 Å². The van der Waals surface area contributed by atoms with Crippen molar-refractivity contribution in [2.45, 2.75) is 12.8 Å². The van der Waals surface area contributed by atoms with Crippen molar-refractivity contribution in [3.63, 3.8) is 0 Å². The van der Waals surface area contributed by atoms with Gasteiger partial charge in [-0.1, -0.05) is 0 Å². The minimum Gasteiger partial charge on any atom is -0.359 e. The summed E-state index contributed by atoms with van der Waals surface area (Å²) in [5.41, 5.74) is 0. The van der Waals surface area contributed by atoms with Gasteiger partial charge in [-0.15, -0.1) is 0 Å². The third-order valence-electron chi connectivity index (χ3n) is 1.86. The molecule has 1 heterocycles. The van der Waals surface area contributed by atoms with Crippen LogP contribution >= 0.6 is 0 Å². The van der Waals surface area contributed by atoms with Crippen LogP contribution in [0.3, 0.4) is 0 Å². The van der Waals surface area contributed by atoms with E-state index in [1.807, 2.05) is 0 Å². The van der Waals surface area contributed by atoms with Crippen LogP contribution in [0.25, 0.3) is 0 Å². The highest BCUT2D eigenvalue weighted by Crippen LogP contribution is 2.11. The highest BCUT2D eigenvalue weighted by atomic mass is 16.2. The lowest BCUT2D eigenvalue weighted by molar-refractivity contribution is -0.132. The summed E-state index contributed by atoms with van der Waals surface area (Å²) in [6, 6.07) is 0. The second-order valence-corrected chi connectivity index (χ2v) is 2.65. The van der Waals surface area contributed by atoms with Crippen LogP contribution < -0.4 is 10.6 Å². The van der Waals surface area contributed by atoms with Crippen LogP contribution in [-0.2, 0) is 9.59 Å². The van der Waals surface area contributed by atoms with E-state index in [0.717, 1.165) is 6.42 Å². The van der Waals surface area contributed by atoms with E-state index in [9.17, 15) is 9.59 Å². The fourth-order valence-corrected chi connectivity index (χ4v) is 1.21. The minimum absolute atomic E-state index is 0.0233. The molecule has 0 aromatic rings. The largest absolute Gasteiger partial charge is 0.359 e. The number of hydrogen-bond donors (Lipinski definition) is 2. The molecule has 0 bridgehead atoms. The molecule has 11 heavy (non-hydrogen) atoms. The van der Waals surface area contributed by atoms with Gasteiger partial charge in [0.15, 0.2) is 0 Å². The Balaban J connectivity index is 2.45. The maximum Gasteiger partial charge on any atom is 0.223 e. The van der Waals surface area contributed by atoms with E-state index in [-0.39, 0.29) is 17.7 Å². The Morgan fingerprint density at radius 2 is 2.45 bits per heavy atom. The first-order valence-electron chi connectivity index (χ1n) is 3.72. The quantitative estimate of drug-likeness (QED) is 0.525. The molecule has 1 saturated heterocycles. The zero-order valence-electron chi connectivity index (χ0n) is 6.52. The number of rotatable bonds is 1. The zero-order chi connectivity index (χ0) is 8.27. The summed E-state index contributed by atoms with van der Waals surface area (Å²) in [5.74, 6) is -0.168. The molecule has 0 spiro atoms. The summed E-state index contributed by atoms with van der Waals surface area (Å²) < 4.78 is 0. The van der Waals surface area contributed by atoms with Gasteiger partial charge in [0.05, 0.1) is 0 Å². The van der Waals surface area contributed by atoms with Crippen molar-refractivity contribution in [3.8, 4) is 0 Å². The Bertz CT molecular complexity index is 179. The molecule has 1 rings (SSSR count). The highest BCUT2D eigenvalue weighted by molar-refractivity contribution is 5.86. The molecule has 1 fully saturated rings. The third-order valence-corrected chi connectivity index (χ3v) is 1.86. The van der Waals surface area contributed by atoms with Gasteiger partial charge in [0.25, 0.3) is 0 Å². The van der Waals surface area contributed by atoms with Gasteiger partial charge in [-0.25, -0.2) is 0 Å². The third kappa shape index (κ3) is 1.93. The molecule has 1 unspecified atom stereocenters. The maximum atomic E-state index is 11.0. The normalized spacial score (nSPS) is 24.1. The molecule has 4 heteroatoms. The summed E-state index contributed by atoms with van der Waals surface area (Å²) in [5, 5.41) is 5.21. The second-order valence-electron chi connectivity index (χ2n) is 2.65. The first-order chi connectivity index (χ1) is 5.24. The minimum atomic E-state index is -0.117. The predicted molar refractivity (Wildman–Crippen MR) is 39.8 cm³/mol. The van der Waals surface area contributed by atoms with E-state index in [2.05, 4.69) is 10.6 Å². The first kappa shape index (κ1) is 8.04. The number of piperidine rings is 1. The molecule has 0 aliphatic carbocycles. The van der Waals surface area contributed by atoms with Gasteiger partial charge in [-0.05, 0) is 6.42 Å². The molecule has 0 aromatic heterocycles. The molecule has 1 aliphatic heterocycles. The Morgan fingerprint density at radius 1 is 1.73 bits per heavy atom. The van der Waals surface area contributed by atoms with Gasteiger partial charge in [0, 0.05) is 25.9 Å². The second kappa shape index (κ2) is 3.37. The van der Waals surface area contributed by atoms with E-state index in [1.165, 1.54) is 0 Å². The van der Waals surface area contributed by atoms with Crippen LogP contribution in [-0.4, -0.2) is 25.4 Å². The lowest BCUT2D eigenvalue weighted by atomic mass is 9.97. The van der Waals surface area contributed by atoms with Crippen molar-refractivity contribution in [1.82, 2.24) is 10.6 Å². The lowest BCUT2D eigenvalue weighted by Gasteiger charge is -2.19. The summed E-state index contributed by atoms with van der Waals surface area (Å²) >= 11 is 0. The smallest absolute Gasteiger partial charge is 0.223 e. The average molecular weight is 156 g/mol. The molecule has 0 radical (unpaired) electrons. The summed E-state index contributed by atoms with van der Waals surface area (Å²) in [7, 11) is 1.59. The van der Waals surface area contributed by atoms with Gasteiger partial charge >= 0.3 is 0 Å². The van der Waals surface area contributed by atoms with Crippen LogP contribution in [0.4, 0.5) is 0 Å². The van der Waals surface area contributed by atoms with Crippen molar-refractivity contribution >= 4 is 11.8 Å². The predicted octanol–water partition coefficient (Wildman–Crippen LogP) is -0.741. The lowest BCUT2D eigenvalue weighted by Crippen LogP contribution is -2.40. The Hall–Kier alpha value is -1.06. The van der Waals surface area contributed by atoms with Gasteiger partial charge in [-0.2, -0.15) is 0 Å². The van der Waals surface area contributed by atoms with Gasteiger partial charge < -0.3 is 10.6 Å². The fraction of sp³-hybridized carbons (Fsp3) is 0.714. The van der Waals surface area contributed by atoms with Crippen LogP contribution in [0, 0.1) is 5.92 Å². The molecule has 2 N–H and O–H groups in total. The first-order valence-corrected chi connectivity index (χ1v) is 3.72.